The summed E-state index contributed by atoms with van der Waals surface area (Å²) >= 11 is 1.16. The van der Waals surface area contributed by atoms with Crippen molar-refractivity contribution < 1.29 is 14.8 Å². The standard InChI is InChI=1S/C10H15N5O3S.ClH/c11-7(15-18)6-4-19-10(13-6)9(17)14-8(16)5-2-1-3-12-5;/h4-5,10,12-13,18H,1-3H2,(H2,11,15)(H,14,16,17);1H/t5-,10?;/m0./s1. The fourth-order valence-electron chi connectivity index (χ4n) is 1.84. The Morgan fingerprint density at radius 3 is 2.85 bits per heavy atom. The predicted molar refractivity (Wildman–Crippen MR) is 77.4 cm³/mol. The van der Waals surface area contributed by atoms with Crippen LogP contribution in [0.5, 0.6) is 0 Å². The Balaban J connectivity index is 0.00000200. The zero-order chi connectivity index (χ0) is 13.8. The molecule has 0 spiro atoms. The van der Waals surface area contributed by atoms with Crippen LogP contribution in [0, 0.1) is 0 Å². The Labute approximate surface area is 126 Å². The molecular formula is C10H16ClN5O3S. The van der Waals surface area contributed by atoms with Gasteiger partial charge in [0.1, 0.15) is 0 Å². The number of oxime groups is 1. The number of amidine groups is 1. The molecule has 0 aromatic carbocycles. The molecule has 2 rings (SSSR count). The average Bonchev–Trinajstić information content (AvgIpc) is 3.08. The second-order valence-electron chi connectivity index (χ2n) is 4.18. The van der Waals surface area contributed by atoms with Crippen molar-refractivity contribution in [3.05, 3.63) is 11.1 Å². The molecule has 8 nitrogen and oxygen atoms in total. The SMILES string of the molecule is Cl.NC(=NO)C1=CSC(C(=O)NC(=O)[C@@H]2CCCN2)N1. The van der Waals surface area contributed by atoms with E-state index in [1.807, 2.05) is 0 Å². The van der Waals surface area contributed by atoms with Gasteiger partial charge in [-0.1, -0.05) is 16.9 Å². The van der Waals surface area contributed by atoms with Crippen LogP contribution in [0.2, 0.25) is 0 Å². The Bertz CT molecular complexity index is 450. The normalized spacial score (nSPS) is 25.4. The minimum Gasteiger partial charge on any atom is -0.409 e. The lowest BCUT2D eigenvalue weighted by Gasteiger charge is -2.14. The first-order valence-electron chi connectivity index (χ1n) is 5.80. The Morgan fingerprint density at radius 1 is 1.50 bits per heavy atom. The lowest BCUT2D eigenvalue weighted by Crippen LogP contribution is -2.48. The van der Waals surface area contributed by atoms with Crippen molar-refractivity contribution in [1.82, 2.24) is 16.0 Å². The molecule has 0 aromatic heterocycles. The molecule has 6 N–H and O–H groups in total. The Hall–Kier alpha value is -1.45. The van der Waals surface area contributed by atoms with E-state index >= 15 is 0 Å². The van der Waals surface area contributed by atoms with Crippen LogP contribution < -0.4 is 21.7 Å². The summed E-state index contributed by atoms with van der Waals surface area (Å²) in [5.74, 6) is -0.866. The van der Waals surface area contributed by atoms with Crippen molar-refractivity contribution in [2.24, 2.45) is 10.9 Å². The summed E-state index contributed by atoms with van der Waals surface area (Å²) in [6, 6.07) is -0.299. The molecule has 2 amide bonds. The third kappa shape index (κ3) is 3.78. The quantitative estimate of drug-likeness (QED) is 0.149. The van der Waals surface area contributed by atoms with Gasteiger partial charge in [-0.2, -0.15) is 0 Å². The van der Waals surface area contributed by atoms with Crippen LogP contribution in [0.1, 0.15) is 12.8 Å². The van der Waals surface area contributed by atoms with Gasteiger partial charge in [0.2, 0.25) is 5.91 Å². The predicted octanol–water partition coefficient (Wildman–Crippen LogP) is -0.947. The van der Waals surface area contributed by atoms with E-state index in [2.05, 4.69) is 21.1 Å². The molecule has 2 aliphatic heterocycles. The molecule has 20 heavy (non-hydrogen) atoms. The summed E-state index contributed by atoms with van der Waals surface area (Å²) < 4.78 is 0. The van der Waals surface area contributed by atoms with Crippen LogP contribution in [0.3, 0.4) is 0 Å². The summed E-state index contributed by atoms with van der Waals surface area (Å²) in [4.78, 5) is 23.6. The van der Waals surface area contributed by atoms with Crippen LogP contribution in [-0.4, -0.2) is 40.8 Å². The van der Waals surface area contributed by atoms with Crippen molar-refractivity contribution in [1.29, 1.82) is 0 Å². The molecule has 1 fully saturated rings. The van der Waals surface area contributed by atoms with Gasteiger partial charge in [0, 0.05) is 5.41 Å². The number of carbonyl (C=O) groups is 2. The van der Waals surface area contributed by atoms with Crippen molar-refractivity contribution in [2.75, 3.05) is 6.54 Å². The maximum absolute atomic E-state index is 11.8. The van der Waals surface area contributed by atoms with Crippen LogP contribution in [0.15, 0.2) is 16.3 Å². The molecule has 0 aliphatic carbocycles. The van der Waals surface area contributed by atoms with Gasteiger partial charge in [-0.25, -0.2) is 0 Å². The highest BCUT2D eigenvalue weighted by atomic mass is 35.5. The highest BCUT2D eigenvalue weighted by Crippen LogP contribution is 2.20. The van der Waals surface area contributed by atoms with Crippen LogP contribution in [0.4, 0.5) is 0 Å². The second-order valence-corrected chi connectivity index (χ2v) is 5.16. The van der Waals surface area contributed by atoms with E-state index in [0.717, 1.165) is 31.1 Å². The summed E-state index contributed by atoms with van der Waals surface area (Å²) in [7, 11) is 0. The van der Waals surface area contributed by atoms with Gasteiger partial charge in [0.15, 0.2) is 11.2 Å². The zero-order valence-corrected chi connectivity index (χ0v) is 12.1. The molecule has 1 unspecified atom stereocenters. The minimum absolute atomic E-state index is 0. The van der Waals surface area contributed by atoms with E-state index in [4.69, 9.17) is 10.9 Å². The second kappa shape index (κ2) is 7.36. The molecule has 112 valence electrons. The van der Waals surface area contributed by atoms with Crippen LogP contribution in [0.25, 0.3) is 0 Å². The maximum Gasteiger partial charge on any atom is 0.259 e. The molecule has 10 heteroatoms. The Morgan fingerprint density at radius 2 is 2.25 bits per heavy atom. The van der Waals surface area contributed by atoms with E-state index in [-0.39, 0.29) is 30.2 Å². The molecule has 2 aliphatic rings. The van der Waals surface area contributed by atoms with Crippen LogP contribution in [-0.2, 0) is 9.59 Å². The number of nitrogens with two attached hydrogens (primary N) is 1. The number of nitrogens with one attached hydrogen (secondary N) is 3. The van der Waals surface area contributed by atoms with Crippen molar-refractivity contribution in [3.63, 3.8) is 0 Å². The van der Waals surface area contributed by atoms with Gasteiger partial charge in [0.25, 0.3) is 5.91 Å². The van der Waals surface area contributed by atoms with Crippen molar-refractivity contribution in [2.45, 2.75) is 24.3 Å². The summed E-state index contributed by atoms with van der Waals surface area (Å²) in [6.07, 6.45) is 1.66. The van der Waals surface area contributed by atoms with Gasteiger partial charge in [-0.3, -0.25) is 14.9 Å². The molecule has 2 atom stereocenters. The van der Waals surface area contributed by atoms with Gasteiger partial charge in [-0.05, 0) is 19.4 Å². The molecule has 0 bridgehead atoms. The van der Waals surface area contributed by atoms with Crippen LogP contribution >= 0.6 is 24.2 Å². The number of amides is 2. The first kappa shape index (κ1) is 16.6. The fourth-order valence-corrected chi connectivity index (χ4v) is 2.68. The molecule has 2 heterocycles. The third-order valence-electron chi connectivity index (χ3n) is 2.85. The minimum atomic E-state index is -0.652. The average molecular weight is 322 g/mol. The first-order valence-corrected chi connectivity index (χ1v) is 6.74. The van der Waals surface area contributed by atoms with E-state index in [9.17, 15) is 9.59 Å². The van der Waals surface area contributed by atoms with E-state index in [1.54, 1.807) is 5.41 Å². The maximum atomic E-state index is 11.8. The van der Waals surface area contributed by atoms with Gasteiger partial charge >= 0.3 is 0 Å². The summed E-state index contributed by atoms with van der Waals surface area (Å²) in [6.45, 7) is 0.790. The van der Waals surface area contributed by atoms with Gasteiger partial charge in [0.05, 0.1) is 11.7 Å². The first-order chi connectivity index (χ1) is 9.11. The van der Waals surface area contributed by atoms with E-state index < -0.39 is 11.3 Å². The van der Waals surface area contributed by atoms with Gasteiger partial charge < -0.3 is 21.6 Å². The molecular weight excluding hydrogens is 306 g/mol. The highest BCUT2D eigenvalue weighted by Gasteiger charge is 2.29. The lowest BCUT2D eigenvalue weighted by molar-refractivity contribution is -0.131. The molecule has 0 saturated carbocycles. The zero-order valence-electron chi connectivity index (χ0n) is 10.5. The van der Waals surface area contributed by atoms with E-state index in [0.29, 0.717) is 5.70 Å². The highest BCUT2D eigenvalue weighted by molar-refractivity contribution is 8.03. The topological polar surface area (TPSA) is 129 Å². The van der Waals surface area contributed by atoms with E-state index in [1.165, 1.54) is 0 Å². The Kier molecular flexibility index (Phi) is 6.11. The number of hydrogen-bond donors (Lipinski definition) is 5. The number of rotatable bonds is 3. The summed E-state index contributed by atoms with van der Waals surface area (Å²) in [5.41, 5.74) is 5.75. The number of carbonyl (C=O) groups excluding carboxylic acids is 2. The molecule has 1 saturated heterocycles. The van der Waals surface area contributed by atoms with Gasteiger partial charge in [-0.15, -0.1) is 12.4 Å². The van der Waals surface area contributed by atoms with Crippen molar-refractivity contribution >= 4 is 41.8 Å². The number of nitrogens with zero attached hydrogens (tertiary/aromatic N) is 1. The number of halogens is 1. The monoisotopic (exact) mass is 321 g/mol. The molecule has 0 aromatic rings. The molecule has 0 radical (unpaired) electrons. The number of imide groups is 1. The summed E-state index contributed by atoms with van der Waals surface area (Å²) in [5, 5.41) is 20.4. The largest absolute Gasteiger partial charge is 0.409 e. The number of hydrogen-bond acceptors (Lipinski definition) is 7. The lowest BCUT2D eigenvalue weighted by atomic mass is 10.2. The third-order valence-corrected chi connectivity index (χ3v) is 3.83. The van der Waals surface area contributed by atoms with Crippen molar-refractivity contribution in [3.8, 4) is 0 Å². The fraction of sp³-hybridized carbons (Fsp3) is 0.500. The number of thioether (sulfide) groups is 1. The smallest absolute Gasteiger partial charge is 0.259 e.